The van der Waals surface area contributed by atoms with E-state index < -0.39 is 103 Å². The third-order valence-electron chi connectivity index (χ3n) is 6.11. The minimum absolute atomic E-state index is 0.112. The Morgan fingerprint density at radius 2 is 0.955 bits per heavy atom. The van der Waals surface area contributed by atoms with E-state index in [1.165, 1.54) is 0 Å². The third kappa shape index (κ3) is 6.05. The number of nitrogens with zero attached hydrogens (tertiary/aromatic N) is 1. The first-order valence-electron chi connectivity index (χ1n) is 11.4. The van der Waals surface area contributed by atoms with Gasteiger partial charge in [0, 0.05) is 53.1 Å². The lowest BCUT2D eigenvalue weighted by Crippen LogP contribution is -2.71. The summed E-state index contributed by atoms with van der Waals surface area (Å²) in [5, 5.41) is -1.48. The van der Waals surface area contributed by atoms with Crippen molar-refractivity contribution in [2.45, 2.75) is 67.0 Å². The highest BCUT2D eigenvalue weighted by atomic mass is 32.8. The van der Waals surface area contributed by atoms with Crippen LogP contribution in [0, 0.1) is 0 Å². The van der Waals surface area contributed by atoms with E-state index in [9.17, 15) is 83.1 Å². The zero-order chi connectivity index (χ0) is 34.9. The normalized spacial score (nSPS) is 26.8. The molecule has 2 unspecified atom stereocenters. The Balaban J connectivity index is 2.69. The second-order valence-electron chi connectivity index (χ2n) is 9.44. The van der Waals surface area contributed by atoms with Crippen LogP contribution in [-0.4, -0.2) is 106 Å². The smallest absolute Gasteiger partial charge is 0.299 e. The van der Waals surface area contributed by atoms with Crippen LogP contribution in [-0.2, 0) is 18.9 Å². The fourth-order valence-corrected chi connectivity index (χ4v) is 10.1. The lowest BCUT2D eigenvalue weighted by Gasteiger charge is -2.44. The van der Waals surface area contributed by atoms with Crippen LogP contribution in [0.25, 0.3) is 0 Å². The third-order valence-corrected chi connectivity index (χ3v) is 13.7. The van der Waals surface area contributed by atoms with Crippen LogP contribution in [0.2, 0.25) is 0 Å². The van der Waals surface area contributed by atoms with Crippen LogP contribution in [0.15, 0.2) is 0 Å². The molecule has 0 aromatic heterocycles. The van der Waals surface area contributed by atoms with Crippen molar-refractivity contribution in [3.8, 4) is 0 Å². The molecule has 0 spiro atoms. The fourth-order valence-electron chi connectivity index (χ4n) is 3.65. The summed E-state index contributed by atoms with van der Waals surface area (Å²) in [5.41, 5.74) is 0. The van der Waals surface area contributed by atoms with Crippen molar-refractivity contribution in [2.75, 3.05) is 39.3 Å². The Labute approximate surface area is 236 Å². The quantitative estimate of drug-likeness (QED) is 0.206. The molecule has 3 N–H and O–H groups in total. The zero-order valence-electron chi connectivity index (χ0n) is 21.6. The van der Waals surface area contributed by atoms with Gasteiger partial charge in [-0.25, -0.2) is 8.78 Å². The van der Waals surface area contributed by atoms with Crippen molar-refractivity contribution in [1.29, 1.82) is 0 Å². The average Bonchev–Trinajstić information content (AvgIpc) is 2.74. The molecular weight excluding hydrogens is 710 g/mol. The maximum Gasteiger partial charge on any atom is 0.473 e. The molecule has 8 nitrogen and oxygen atoms in total. The maximum atomic E-state index is 15.0. The first-order chi connectivity index (χ1) is 19.2. The number of rotatable bonds is 11. The van der Waals surface area contributed by atoms with E-state index in [0.29, 0.717) is 0 Å². The fraction of sp³-hybridized carbons (Fsp3) is 1.00. The predicted molar refractivity (Wildman–Crippen MR) is 113 cm³/mol. The molecule has 0 aliphatic carbocycles. The highest BCUT2D eigenvalue weighted by molar-refractivity contribution is 8.55. The Morgan fingerprint density at radius 3 is 1.27 bits per heavy atom. The van der Waals surface area contributed by atoms with Crippen LogP contribution in [0.3, 0.4) is 0 Å². The number of hydrogen-bond acceptors (Lipinski definition) is 8. The maximum absolute atomic E-state index is 15.0. The molecular formula is C17H21F17N4O4PS+. The van der Waals surface area contributed by atoms with Crippen LogP contribution < -0.4 is 15.3 Å². The zero-order valence-corrected chi connectivity index (χ0v) is 23.3. The molecule has 2 bridgehead atoms. The molecule has 2 atom stereocenters. The van der Waals surface area contributed by atoms with Crippen LogP contribution >= 0.6 is 6.92 Å². The lowest BCUT2D eigenvalue weighted by atomic mass is 9.98. The van der Waals surface area contributed by atoms with Crippen molar-refractivity contribution < 1.29 is 92.5 Å². The molecule has 262 valence electrons. The predicted octanol–water partition coefficient (Wildman–Crippen LogP) is 4.83. The standard InChI is InChI=1S/C17H21F17N4O4PS/c1-9(18,19)11(22,23)12(24,10(2,20)21)41-15(29,30)13(25,14(26,27)28)42-16(31,32)17(33,34)44(39,40)43-35-3-6-38(7-4-36-43)8-5-37-43/h35-37H,3-8H2,1-2H3/q+1. The minimum Gasteiger partial charge on any atom is -0.299 e. The van der Waals surface area contributed by atoms with E-state index in [1.54, 1.807) is 4.90 Å². The Morgan fingerprint density at radius 1 is 0.591 bits per heavy atom. The largest absolute Gasteiger partial charge is 0.473 e. The molecule has 0 saturated carbocycles. The van der Waals surface area contributed by atoms with Crippen LogP contribution in [0.1, 0.15) is 13.8 Å². The summed E-state index contributed by atoms with van der Waals surface area (Å²) < 4.78 is 268. The Hall–Kier alpha value is -1.05. The van der Waals surface area contributed by atoms with Gasteiger partial charge in [0.1, 0.15) is 0 Å². The SMILES string of the molecule is CC(F)(F)C(F)(F)C(F)(OC(F)(F)C(F)(OC(F)(F)C(F)(F)S(=O)(=O)[P+]12NCCN(CCN1)CCN2)C(F)(F)F)C(C)(F)F. The second kappa shape index (κ2) is 11.3. The van der Waals surface area contributed by atoms with Gasteiger partial charge in [0.2, 0.25) is 0 Å². The lowest BCUT2D eigenvalue weighted by molar-refractivity contribution is -0.548. The van der Waals surface area contributed by atoms with E-state index >= 15 is 0 Å². The van der Waals surface area contributed by atoms with E-state index in [4.69, 9.17) is 0 Å². The molecule has 3 aliphatic rings. The molecule has 3 aliphatic heterocycles. The summed E-state index contributed by atoms with van der Waals surface area (Å²) in [6, 6.07) is 0. The molecule has 0 aromatic rings. The van der Waals surface area contributed by atoms with Gasteiger partial charge in [-0.2, -0.15) is 74.3 Å². The first-order valence-corrected chi connectivity index (χ1v) is 15.3. The van der Waals surface area contributed by atoms with Crippen LogP contribution in [0.5, 0.6) is 0 Å². The summed E-state index contributed by atoms with van der Waals surface area (Å²) in [5.74, 6) is -35.6. The van der Waals surface area contributed by atoms with Crippen molar-refractivity contribution in [3.05, 3.63) is 0 Å². The first kappa shape index (κ1) is 39.1. The van der Waals surface area contributed by atoms with E-state index in [-0.39, 0.29) is 19.6 Å². The van der Waals surface area contributed by atoms with Gasteiger partial charge in [-0.1, -0.05) is 0 Å². The molecule has 3 fully saturated rings. The summed E-state index contributed by atoms with van der Waals surface area (Å²) in [6.45, 7) is -9.69. The van der Waals surface area contributed by atoms with Crippen molar-refractivity contribution in [3.63, 3.8) is 0 Å². The molecule has 0 aromatic carbocycles. The monoisotopic (exact) mass is 731 g/mol. The van der Waals surface area contributed by atoms with Gasteiger partial charge >= 0.3 is 69.5 Å². The second-order valence-corrected chi connectivity index (χ2v) is 16.2. The van der Waals surface area contributed by atoms with Crippen molar-refractivity contribution >= 4 is 16.4 Å². The molecule has 3 rings (SSSR count). The van der Waals surface area contributed by atoms with Gasteiger partial charge in [-0.05, 0) is 0 Å². The molecule has 3 heterocycles. The number of fused-ring (bicyclic) bond motifs is 6. The van der Waals surface area contributed by atoms with Gasteiger partial charge in [0.05, 0.1) is 0 Å². The molecule has 3 saturated heterocycles. The Kier molecular flexibility index (Phi) is 10.0. The number of nitrogens with one attached hydrogen (secondary N) is 3. The molecule has 0 radical (unpaired) electrons. The number of ether oxygens (including phenoxy) is 2. The van der Waals surface area contributed by atoms with Gasteiger partial charge < -0.3 is 0 Å². The van der Waals surface area contributed by atoms with E-state index in [0.717, 1.165) is 0 Å². The summed E-state index contributed by atoms with van der Waals surface area (Å²) >= 11 is 0. The van der Waals surface area contributed by atoms with Gasteiger partial charge in [0.25, 0.3) is 0 Å². The van der Waals surface area contributed by atoms with Crippen LogP contribution in [0.4, 0.5) is 74.6 Å². The van der Waals surface area contributed by atoms with Crippen molar-refractivity contribution in [2.24, 2.45) is 0 Å². The van der Waals surface area contributed by atoms with Gasteiger partial charge in [-0.15, -0.1) is 15.3 Å². The molecule has 0 amide bonds. The van der Waals surface area contributed by atoms with E-state index in [2.05, 4.69) is 0 Å². The number of halogens is 17. The summed E-state index contributed by atoms with van der Waals surface area (Å²) in [4.78, 5) is 1.58. The Bertz CT molecular complexity index is 1140. The summed E-state index contributed by atoms with van der Waals surface area (Å²) in [7, 11) is -7.10. The van der Waals surface area contributed by atoms with E-state index in [1.807, 2.05) is 24.7 Å². The van der Waals surface area contributed by atoms with Crippen molar-refractivity contribution in [1.82, 2.24) is 20.2 Å². The minimum atomic E-state index is -8.11. The molecule has 44 heavy (non-hydrogen) atoms. The number of alkyl halides is 17. The highest BCUT2D eigenvalue weighted by Gasteiger charge is 2.88. The highest BCUT2D eigenvalue weighted by Crippen LogP contribution is 2.64. The van der Waals surface area contributed by atoms with Gasteiger partial charge in [0.15, 0.2) is 0 Å². The topological polar surface area (TPSA) is 91.9 Å². The molecule has 27 heteroatoms. The van der Waals surface area contributed by atoms with Gasteiger partial charge in [-0.3, -0.25) is 14.4 Å². The average molecular weight is 731 g/mol. The number of hydrogen-bond donors (Lipinski definition) is 3. The summed E-state index contributed by atoms with van der Waals surface area (Å²) in [6.07, 6.45) is -23.7.